The van der Waals surface area contributed by atoms with E-state index in [1.165, 1.54) is 37.8 Å². The Hall–Kier alpha value is -0.860. The van der Waals surface area contributed by atoms with Gasteiger partial charge >= 0.3 is 0 Å². The molecule has 0 heterocycles. The van der Waals surface area contributed by atoms with E-state index in [-0.39, 0.29) is 5.91 Å². The number of carbonyl (C=O) groups is 1. The van der Waals surface area contributed by atoms with Gasteiger partial charge in [-0.05, 0) is 43.9 Å². The third-order valence-electron chi connectivity index (χ3n) is 4.09. The van der Waals surface area contributed by atoms with Gasteiger partial charge in [-0.15, -0.1) is 0 Å². The third kappa shape index (κ3) is 3.55. The second-order valence-corrected chi connectivity index (χ2v) is 5.53. The van der Waals surface area contributed by atoms with Gasteiger partial charge in [0.25, 0.3) is 0 Å². The second-order valence-electron chi connectivity index (χ2n) is 5.53. The summed E-state index contributed by atoms with van der Waals surface area (Å²) in [5.74, 6) is 1.64. The van der Waals surface area contributed by atoms with Gasteiger partial charge in [-0.1, -0.05) is 26.2 Å². The van der Waals surface area contributed by atoms with Crippen molar-refractivity contribution >= 4 is 11.6 Å². The Morgan fingerprint density at radius 1 is 1.35 bits per heavy atom. The van der Waals surface area contributed by atoms with Crippen LogP contribution in [0, 0.1) is 11.8 Å². The summed E-state index contributed by atoms with van der Waals surface area (Å²) in [4.78, 5) is 11.6. The molecule has 2 unspecified atom stereocenters. The molecule has 2 aliphatic rings. The molecule has 2 saturated carbocycles. The minimum atomic E-state index is 0.0939. The lowest BCUT2D eigenvalue weighted by atomic mass is 9.99. The minimum absolute atomic E-state index is 0.0939. The topological polar surface area (TPSA) is 41.5 Å². The quantitative estimate of drug-likeness (QED) is 0.558. The van der Waals surface area contributed by atoms with Gasteiger partial charge in [-0.2, -0.15) is 5.10 Å². The first-order chi connectivity index (χ1) is 8.29. The van der Waals surface area contributed by atoms with Crippen LogP contribution in [0.2, 0.25) is 0 Å². The van der Waals surface area contributed by atoms with E-state index >= 15 is 0 Å². The van der Waals surface area contributed by atoms with Crippen LogP contribution in [0.4, 0.5) is 0 Å². The van der Waals surface area contributed by atoms with Gasteiger partial charge < -0.3 is 0 Å². The largest absolute Gasteiger partial charge is 0.273 e. The standard InChI is InChI=1S/C14H24N2O/c1-2-3-4-5-6-14(17)16-15-13-10-11-7-8-12(13)9-11/h11-12H,2-10H2,1H3,(H,16,17)/b15-13-. The fraction of sp³-hybridized carbons (Fsp3) is 0.857. The number of fused-ring (bicyclic) bond motifs is 2. The number of unbranched alkanes of at least 4 members (excludes halogenated alkanes) is 3. The van der Waals surface area contributed by atoms with Crippen LogP contribution < -0.4 is 5.43 Å². The molecule has 2 aliphatic carbocycles. The maximum absolute atomic E-state index is 11.6. The van der Waals surface area contributed by atoms with E-state index in [2.05, 4.69) is 17.5 Å². The van der Waals surface area contributed by atoms with Gasteiger partial charge in [-0.25, -0.2) is 5.43 Å². The molecule has 2 bridgehead atoms. The Morgan fingerprint density at radius 3 is 2.88 bits per heavy atom. The highest BCUT2D eigenvalue weighted by molar-refractivity contribution is 5.90. The predicted octanol–water partition coefficient (Wildman–Crippen LogP) is 3.25. The van der Waals surface area contributed by atoms with Gasteiger partial charge in [0.2, 0.25) is 5.91 Å². The molecular weight excluding hydrogens is 212 g/mol. The predicted molar refractivity (Wildman–Crippen MR) is 69.8 cm³/mol. The van der Waals surface area contributed by atoms with Crippen molar-refractivity contribution in [2.75, 3.05) is 0 Å². The average Bonchev–Trinajstić information content (AvgIpc) is 2.94. The first kappa shape index (κ1) is 12.6. The van der Waals surface area contributed by atoms with Crippen LogP contribution in [0.3, 0.4) is 0 Å². The van der Waals surface area contributed by atoms with E-state index in [0.717, 1.165) is 25.2 Å². The molecule has 2 atom stereocenters. The summed E-state index contributed by atoms with van der Waals surface area (Å²) in [6.45, 7) is 2.18. The van der Waals surface area contributed by atoms with Crippen molar-refractivity contribution in [3.63, 3.8) is 0 Å². The van der Waals surface area contributed by atoms with E-state index < -0.39 is 0 Å². The van der Waals surface area contributed by atoms with Gasteiger partial charge in [0.15, 0.2) is 0 Å². The lowest BCUT2D eigenvalue weighted by Crippen LogP contribution is -2.21. The van der Waals surface area contributed by atoms with Crippen LogP contribution in [0.1, 0.15) is 64.7 Å². The number of hydrazone groups is 1. The Bertz CT molecular complexity index is 299. The fourth-order valence-electron chi connectivity index (χ4n) is 3.06. The lowest BCUT2D eigenvalue weighted by molar-refractivity contribution is -0.121. The van der Waals surface area contributed by atoms with Gasteiger partial charge in [0.1, 0.15) is 0 Å². The number of amides is 1. The zero-order chi connectivity index (χ0) is 12.1. The number of hydrogen-bond acceptors (Lipinski definition) is 2. The molecule has 3 nitrogen and oxygen atoms in total. The van der Waals surface area contributed by atoms with Crippen molar-refractivity contribution in [2.24, 2.45) is 16.9 Å². The Morgan fingerprint density at radius 2 is 2.24 bits per heavy atom. The molecule has 0 aliphatic heterocycles. The Balaban J connectivity index is 1.64. The maximum atomic E-state index is 11.6. The van der Waals surface area contributed by atoms with E-state index in [1.807, 2.05) is 0 Å². The number of carbonyl (C=O) groups excluding carboxylic acids is 1. The third-order valence-corrected chi connectivity index (χ3v) is 4.09. The molecule has 0 radical (unpaired) electrons. The molecular formula is C14H24N2O. The summed E-state index contributed by atoms with van der Waals surface area (Å²) in [6.07, 6.45) is 10.3. The van der Waals surface area contributed by atoms with Crippen molar-refractivity contribution in [1.82, 2.24) is 5.43 Å². The van der Waals surface area contributed by atoms with E-state index in [4.69, 9.17) is 0 Å². The molecule has 0 aromatic carbocycles. The normalized spacial score (nSPS) is 28.9. The van der Waals surface area contributed by atoms with Crippen LogP contribution in [-0.2, 0) is 4.79 Å². The van der Waals surface area contributed by atoms with Crippen molar-refractivity contribution in [3.8, 4) is 0 Å². The molecule has 1 amide bonds. The summed E-state index contributed by atoms with van der Waals surface area (Å²) in [7, 11) is 0. The molecule has 1 N–H and O–H groups in total. The monoisotopic (exact) mass is 236 g/mol. The average molecular weight is 236 g/mol. The number of rotatable bonds is 6. The van der Waals surface area contributed by atoms with E-state index in [1.54, 1.807) is 0 Å². The summed E-state index contributed by atoms with van der Waals surface area (Å²) < 4.78 is 0. The number of nitrogens with one attached hydrogen (secondary N) is 1. The first-order valence-electron chi connectivity index (χ1n) is 7.15. The second kappa shape index (κ2) is 6.18. The number of hydrogen-bond donors (Lipinski definition) is 1. The Kier molecular flexibility index (Phi) is 4.57. The molecule has 96 valence electrons. The molecule has 2 rings (SSSR count). The summed E-state index contributed by atoms with van der Waals surface area (Å²) in [6, 6.07) is 0. The first-order valence-corrected chi connectivity index (χ1v) is 7.15. The smallest absolute Gasteiger partial charge is 0.240 e. The van der Waals surface area contributed by atoms with Crippen LogP contribution >= 0.6 is 0 Å². The zero-order valence-corrected chi connectivity index (χ0v) is 10.9. The highest BCUT2D eigenvalue weighted by atomic mass is 16.2. The molecule has 3 heteroatoms. The number of nitrogens with zero attached hydrogens (tertiary/aromatic N) is 1. The lowest BCUT2D eigenvalue weighted by Gasteiger charge is -2.11. The minimum Gasteiger partial charge on any atom is -0.273 e. The molecule has 17 heavy (non-hydrogen) atoms. The maximum Gasteiger partial charge on any atom is 0.240 e. The highest BCUT2D eigenvalue weighted by Gasteiger charge is 2.36. The molecule has 0 saturated heterocycles. The molecule has 0 aromatic rings. The van der Waals surface area contributed by atoms with E-state index in [0.29, 0.717) is 12.3 Å². The highest BCUT2D eigenvalue weighted by Crippen LogP contribution is 2.42. The Labute approximate surface area is 104 Å². The summed E-state index contributed by atoms with van der Waals surface area (Å²) >= 11 is 0. The van der Waals surface area contributed by atoms with Crippen molar-refractivity contribution in [3.05, 3.63) is 0 Å². The van der Waals surface area contributed by atoms with Crippen LogP contribution in [0.25, 0.3) is 0 Å². The molecule has 0 aromatic heterocycles. The van der Waals surface area contributed by atoms with Crippen LogP contribution in [-0.4, -0.2) is 11.6 Å². The van der Waals surface area contributed by atoms with Gasteiger partial charge in [0, 0.05) is 12.1 Å². The van der Waals surface area contributed by atoms with E-state index in [9.17, 15) is 4.79 Å². The van der Waals surface area contributed by atoms with Crippen molar-refractivity contribution in [2.45, 2.75) is 64.7 Å². The van der Waals surface area contributed by atoms with Crippen LogP contribution in [0.15, 0.2) is 5.10 Å². The van der Waals surface area contributed by atoms with Gasteiger partial charge in [0.05, 0.1) is 0 Å². The van der Waals surface area contributed by atoms with Crippen molar-refractivity contribution in [1.29, 1.82) is 0 Å². The van der Waals surface area contributed by atoms with Crippen molar-refractivity contribution < 1.29 is 4.79 Å². The molecule has 2 fully saturated rings. The summed E-state index contributed by atoms with van der Waals surface area (Å²) in [5.41, 5.74) is 3.99. The van der Waals surface area contributed by atoms with Gasteiger partial charge in [-0.3, -0.25) is 4.79 Å². The molecule has 0 spiro atoms. The van der Waals surface area contributed by atoms with Crippen LogP contribution in [0.5, 0.6) is 0 Å². The fourth-order valence-corrected chi connectivity index (χ4v) is 3.06. The zero-order valence-electron chi connectivity index (χ0n) is 10.9. The SMILES string of the molecule is CCCCCCC(=O)N/N=C1/CC2CCC1C2. The summed E-state index contributed by atoms with van der Waals surface area (Å²) in [5, 5.41) is 4.32.